The number of carbonyl (C=O) groups excluding carboxylic acids is 2. The molecule has 1 aromatic rings. The first kappa shape index (κ1) is 15.3. The predicted octanol–water partition coefficient (Wildman–Crippen LogP) is -0.0865. The fraction of sp³-hybridized carbons (Fsp3) is 0.467. The van der Waals surface area contributed by atoms with Crippen LogP contribution in [0.1, 0.15) is 12.0 Å². The van der Waals surface area contributed by atoms with Gasteiger partial charge in [-0.3, -0.25) is 9.59 Å². The first-order valence-corrected chi connectivity index (χ1v) is 7.01. The van der Waals surface area contributed by atoms with Crippen molar-refractivity contribution < 1.29 is 14.3 Å². The van der Waals surface area contributed by atoms with Gasteiger partial charge in [-0.2, -0.15) is 0 Å². The van der Waals surface area contributed by atoms with Crippen LogP contribution in [0, 0.1) is 0 Å². The quantitative estimate of drug-likeness (QED) is 0.767. The van der Waals surface area contributed by atoms with E-state index >= 15 is 0 Å². The van der Waals surface area contributed by atoms with Crippen LogP contribution in [-0.2, 0) is 16.0 Å². The molecule has 0 aliphatic carbocycles. The number of hydrogen-bond acceptors (Lipinski definition) is 4. The Hall–Kier alpha value is -2.08. The van der Waals surface area contributed by atoms with Crippen LogP contribution in [0.3, 0.4) is 0 Å². The van der Waals surface area contributed by atoms with Gasteiger partial charge in [-0.05, 0) is 30.7 Å². The standard InChI is InChI=1S/C15H21N3O3/c1-21-13-4-2-11(3-5-13)8-15(20)18(10-14(16)19)12-6-7-17-9-12/h2-5,12,17H,6-10H2,1H3,(H2,16,19). The molecule has 1 aliphatic heterocycles. The van der Waals surface area contributed by atoms with Crippen molar-refractivity contribution in [2.24, 2.45) is 5.73 Å². The second-order valence-corrected chi connectivity index (χ2v) is 5.16. The molecule has 0 radical (unpaired) electrons. The maximum atomic E-state index is 12.4. The van der Waals surface area contributed by atoms with Gasteiger partial charge >= 0.3 is 0 Å². The molecule has 6 nitrogen and oxygen atoms in total. The summed E-state index contributed by atoms with van der Waals surface area (Å²) < 4.78 is 5.09. The molecule has 21 heavy (non-hydrogen) atoms. The Morgan fingerprint density at radius 1 is 1.38 bits per heavy atom. The maximum Gasteiger partial charge on any atom is 0.237 e. The number of nitrogens with zero attached hydrogens (tertiary/aromatic N) is 1. The number of methoxy groups -OCH3 is 1. The lowest BCUT2D eigenvalue weighted by molar-refractivity contribution is -0.136. The fourth-order valence-electron chi connectivity index (χ4n) is 2.51. The highest BCUT2D eigenvalue weighted by atomic mass is 16.5. The van der Waals surface area contributed by atoms with Crippen LogP contribution in [0.4, 0.5) is 0 Å². The van der Waals surface area contributed by atoms with Crippen molar-refractivity contribution in [3.63, 3.8) is 0 Å². The van der Waals surface area contributed by atoms with Crippen molar-refractivity contribution in [1.82, 2.24) is 10.2 Å². The maximum absolute atomic E-state index is 12.4. The Morgan fingerprint density at radius 3 is 2.62 bits per heavy atom. The van der Waals surface area contributed by atoms with Crippen molar-refractivity contribution in [2.45, 2.75) is 18.9 Å². The number of nitrogens with two attached hydrogens (primary N) is 1. The normalized spacial score (nSPS) is 17.5. The summed E-state index contributed by atoms with van der Waals surface area (Å²) in [5, 5.41) is 3.20. The molecule has 1 heterocycles. The topological polar surface area (TPSA) is 84.7 Å². The van der Waals surface area contributed by atoms with Gasteiger partial charge in [0.15, 0.2) is 0 Å². The summed E-state index contributed by atoms with van der Waals surface area (Å²) in [6, 6.07) is 7.39. The van der Waals surface area contributed by atoms with Gasteiger partial charge in [-0.15, -0.1) is 0 Å². The zero-order chi connectivity index (χ0) is 15.2. The Balaban J connectivity index is 2.04. The van der Waals surface area contributed by atoms with Crippen LogP contribution in [-0.4, -0.2) is 49.5 Å². The van der Waals surface area contributed by atoms with Gasteiger partial charge in [-0.25, -0.2) is 0 Å². The lowest BCUT2D eigenvalue weighted by Gasteiger charge is -2.27. The van der Waals surface area contributed by atoms with E-state index in [0.29, 0.717) is 6.54 Å². The van der Waals surface area contributed by atoms with E-state index in [9.17, 15) is 9.59 Å². The number of nitrogens with one attached hydrogen (secondary N) is 1. The molecular formula is C15H21N3O3. The molecule has 2 rings (SSSR count). The average molecular weight is 291 g/mol. The molecule has 0 spiro atoms. The number of ether oxygens (including phenoxy) is 1. The third-order valence-electron chi connectivity index (χ3n) is 3.64. The molecule has 3 N–H and O–H groups in total. The number of benzene rings is 1. The summed E-state index contributed by atoms with van der Waals surface area (Å²) in [6.07, 6.45) is 1.11. The van der Waals surface area contributed by atoms with E-state index in [1.165, 1.54) is 0 Å². The van der Waals surface area contributed by atoms with Crippen molar-refractivity contribution in [3.05, 3.63) is 29.8 Å². The van der Waals surface area contributed by atoms with Gasteiger partial charge in [0.2, 0.25) is 11.8 Å². The summed E-state index contributed by atoms with van der Waals surface area (Å²) in [6.45, 7) is 1.54. The van der Waals surface area contributed by atoms with Gasteiger partial charge in [-0.1, -0.05) is 12.1 Å². The second-order valence-electron chi connectivity index (χ2n) is 5.16. The van der Waals surface area contributed by atoms with Gasteiger partial charge < -0.3 is 20.7 Å². The number of hydrogen-bond donors (Lipinski definition) is 2. The van der Waals surface area contributed by atoms with E-state index in [0.717, 1.165) is 24.3 Å². The van der Waals surface area contributed by atoms with E-state index in [1.807, 2.05) is 24.3 Å². The summed E-state index contributed by atoms with van der Waals surface area (Å²) >= 11 is 0. The van der Waals surface area contributed by atoms with E-state index < -0.39 is 5.91 Å². The molecule has 6 heteroatoms. The molecule has 1 saturated heterocycles. The third kappa shape index (κ3) is 4.19. The van der Waals surface area contributed by atoms with E-state index in [4.69, 9.17) is 10.5 Å². The summed E-state index contributed by atoms with van der Waals surface area (Å²) in [5.74, 6) is 0.192. The first-order chi connectivity index (χ1) is 10.1. The van der Waals surface area contributed by atoms with Crippen molar-refractivity contribution >= 4 is 11.8 Å². The molecule has 0 bridgehead atoms. The Morgan fingerprint density at radius 2 is 2.10 bits per heavy atom. The van der Waals surface area contributed by atoms with Crippen molar-refractivity contribution in [3.8, 4) is 5.75 Å². The number of carbonyl (C=O) groups is 2. The number of amides is 2. The van der Waals surface area contributed by atoms with Gasteiger partial charge in [0, 0.05) is 12.6 Å². The minimum absolute atomic E-state index is 0.0265. The monoisotopic (exact) mass is 291 g/mol. The second kappa shape index (κ2) is 7.08. The molecule has 1 aliphatic rings. The zero-order valence-electron chi connectivity index (χ0n) is 12.2. The van der Waals surface area contributed by atoms with Crippen LogP contribution in [0.2, 0.25) is 0 Å². The van der Waals surface area contributed by atoms with Crippen molar-refractivity contribution in [1.29, 1.82) is 0 Å². The van der Waals surface area contributed by atoms with Crippen LogP contribution < -0.4 is 15.8 Å². The molecule has 2 amide bonds. The fourth-order valence-corrected chi connectivity index (χ4v) is 2.51. The highest BCUT2D eigenvalue weighted by molar-refractivity contribution is 5.85. The molecule has 114 valence electrons. The molecule has 0 saturated carbocycles. The zero-order valence-corrected chi connectivity index (χ0v) is 12.2. The Labute approximate surface area is 124 Å². The number of primary amides is 1. The first-order valence-electron chi connectivity index (χ1n) is 7.01. The largest absolute Gasteiger partial charge is 0.497 e. The average Bonchev–Trinajstić information content (AvgIpc) is 2.99. The van der Waals surface area contributed by atoms with Crippen LogP contribution in [0.5, 0.6) is 5.75 Å². The minimum Gasteiger partial charge on any atom is -0.497 e. The van der Waals surface area contributed by atoms with Gasteiger partial charge in [0.05, 0.1) is 20.1 Å². The number of rotatable bonds is 6. The molecule has 0 aromatic heterocycles. The van der Waals surface area contributed by atoms with E-state index in [1.54, 1.807) is 12.0 Å². The van der Waals surface area contributed by atoms with Crippen LogP contribution in [0.15, 0.2) is 24.3 Å². The molecule has 1 aromatic carbocycles. The highest BCUT2D eigenvalue weighted by Crippen LogP contribution is 2.14. The highest BCUT2D eigenvalue weighted by Gasteiger charge is 2.27. The van der Waals surface area contributed by atoms with Crippen molar-refractivity contribution in [2.75, 3.05) is 26.7 Å². The minimum atomic E-state index is -0.481. The summed E-state index contributed by atoms with van der Waals surface area (Å²) in [4.78, 5) is 25.2. The molecule has 1 unspecified atom stereocenters. The predicted molar refractivity (Wildman–Crippen MR) is 78.9 cm³/mol. The van der Waals surface area contributed by atoms with Crippen LogP contribution in [0.25, 0.3) is 0 Å². The Kier molecular flexibility index (Phi) is 5.16. The molecular weight excluding hydrogens is 270 g/mol. The smallest absolute Gasteiger partial charge is 0.237 e. The lowest BCUT2D eigenvalue weighted by atomic mass is 10.1. The van der Waals surface area contributed by atoms with Crippen LogP contribution >= 0.6 is 0 Å². The summed E-state index contributed by atoms with van der Waals surface area (Å²) in [7, 11) is 1.60. The molecule has 1 fully saturated rings. The SMILES string of the molecule is COc1ccc(CC(=O)N(CC(N)=O)C2CCNC2)cc1. The third-order valence-corrected chi connectivity index (χ3v) is 3.64. The molecule has 1 atom stereocenters. The Bertz CT molecular complexity index is 495. The van der Waals surface area contributed by atoms with Gasteiger partial charge in [0.1, 0.15) is 5.75 Å². The lowest BCUT2D eigenvalue weighted by Crippen LogP contribution is -2.46. The van der Waals surface area contributed by atoms with E-state index in [2.05, 4.69) is 5.32 Å². The van der Waals surface area contributed by atoms with Gasteiger partial charge in [0.25, 0.3) is 0 Å². The summed E-state index contributed by atoms with van der Waals surface area (Å²) in [5.41, 5.74) is 6.15. The van der Waals surface area contributed by atoms with E-state index in [-0.39, 0.29) is 24.9 Å².